The Bertz CT molecular complexity index is 1150. The van der Waals surface area contributed by atoms with E-state index in [2.05, 4.69) is 20.6 Å². The van der Waals surface area contributed by atoms with Gasteiger partial charge in [-0.1, -0.05) is 12.1 Å². The first-order valence-electron chi connectivity index (χ1n) is 9.25. The molecule has 0 aliphatic carbocycles. The number of aromatic amines is 1. The third kappa shape index (κ3) is 3.88. The molecule has 9 heteroatoms. The molecule has 0 unspecified atom stereocenters. The van der Waals surface area contributed by atoms with E-state index in [4.69, 9.17) is 10.1 Å². The number of aromatic nitrogens is 5. The maximum atomic E-state index is 11.1. The van der Waals surface area contributed by atoms with Crippen LogP contribution >= 0.6 is 0 Å². The first-order valence-corrected chi connectivity index (χ1v) is 9.25. The molecule has 0 bridgehead atoms. The average molecular weight is 391 g/mol. The number of rotatable bonds is 7. The van der Waals surface area contributed by atoms with Crippen molar-refractivity contribution < 1.29 is 9.90 Å². The van der Waals surface area contributed by atoms with Crippen LogP contribution in [0.3, 0.4) is 0 Å². The number of carboxylic acids is 1. The molecule has 0 saturated carbocycles. The maximum Gasteiger partial charge on any atom is 0.335 e. The van der Waals surface area contributed by atoms with Crippen LogP contribution in [0.2, 0.25) is 0 Å². The van der Waals surface area contributed by atoms with E-state index < -0.39 is 5.97 Å². The van der Waals surface area contributed by atoms with Gasteiger partial charge in [-0.05, 0) is 43.7 Å². The molecule has 0 fully saturated rings. The van der Waals surface area contributed by atoms with Crippen LogP contribution in [0.5, 0.6) is 0 Å². The van der Waals surface area contributed by atoms with Crippen LogP contribution in [-0.4, -0.2) is 42.4 Å². The van der Waals surface area contributed by atoms with E-state index in [0.29, 0.717) is 30.7 Å². The average Bonchev–Trinajstić information content (AvgIpc) is 3.35. The Labute approximate surface area is 167 Å². The fourth-order valence-electron chi connectivity index (χ4n) is 3.05. The Morgan fingerprint density at radius 2 is 2.07 bits per heavy atom. The van der Waals surface area contributed by atoms with Crippen molar-refractivity contribution in [2.75, 3.05) is 16.8 Å². The summed E-state index contributed by atoms with van der Waals surface area (Å²) in [7, 11) is 0. The Hall–Kier alpha value is -3.88. The monoisotopic (exact) mass is 391 g/mol. The van der Waals surface area contributed by atoms with Gasteiger partial charge in [0.1, 0.15) is 5.52 Å². The minimum atomic E-state index is -0.936. The summed E-state index contributed by atoms with van der Waals surface area (Å²) in [6.07, 6.45) is 1.87. The van der Waals surface area contributed by atoms with E-state index in [1.54, 1.807) is 16.6 Å². The van der Waals surface area contributed by atoms with Crippen molar-refractivity contribution in [2.45, 2.75) is 20.4 Å². The molecule has 0 spiro atoms. The lowest BCUT2D eigenvalue weighted by atomic mass is 10.1. The molecule has 3 heterocycles. The summed E-state index contributed by atoms with van der Waals surface area (Å²) in [4.78, 5) is 17.8. The molecule has 148 valence electrons. The maximum absolute atomic E-state index is 11.1. The molecule has 0 atom stereocenters. The predicted octanol–water partition coefficient (Wildman–Crippen LogP) is 3.23. The van der Waals surface area contributed by atoms with Gasteiger partial charge in [0.2, 0.25) is 5.95 Å². The topological polar surface area (TPSA) is 111 Å². The van der Waals surface area contributed by atoms with Crippen molar-refractivity contribution in [3.05, 3.63) is 65.5 Å². The lowest BCUT2D eigenvalue weighted by molar-refractivity contribution is 0.0697. The Morgan fingerprint density at radius 1 is 1.28 bits per heavy atom. The van der Waals surface area contributed by atoms with Gasteiger partial charge in [0.05, 0.1) is 5.56 Å². The van der Waals surface area contributed by atoms with Crippen LogP contribution in [0.1, 0.15) is 28.5 Å². The van der Waals surface area contributed by atoms with Crippen LogP contribution in [0, 0.1) is 6.92 Å². The van der Waals surface area contributed by atoms with Gasteiger partial charge in [0, 0.05) is 31.0 Å². The second-order valence-electron chi connectivity index (χ2n) is 6.68. The second-order valence-corrected chi connectivity index (χ2v) is 6.68. The number of anilines is 3. The van der Waals surface area contributed by atoms with Crippen molar-refractivity contribution in [1.82, 2.24) is 24.8 Å². The van der Waals surface area contributed by atoms with Gasteiger partial charge in [-0.15, -0.1) is 5.10 Å². The normalized spacial score (nSPS) is 11.0. The molecule has 0 aliphatic rings. The van der Waals surface area contributed by atoms with Crippen molar-refractivity contribution in [1.29, 1.82) is 0 Å². The van der Waals surface area contributed by atoms with E-state index in [1.165, 1.54) is 0 Å². The van der Waals surface area contributed by atoms with Crippen LogP contribution in [0.4, 0.5) is 17.6 Å². The number of H-pyrrole nitrogens is 1. The summed E-state index contributed by atoms with van der Waals surface area (Å²) in [6, 6.07) is 12.6. The number of hydrogen-bond donors (Lipinski definition) is 3. The van der Waals surface area contributed by atoms with Crippen LogP contribution in [0.15, 0.2) is 48.7 Å². The number of carboxylic acid groups (broad SMARTS) is 1. The fraction of sp³-hybridized carbons (Fsp3) is 0.200. The molecule has 3 aromatic heterocycles. The largest absolute Gasteiger partial charge is 0.478 e. The summed E-state index contributed by atoms with van der Waals surface area (Å²) >= 11 is 0. The summed E-state index contributed by atoms with van der Waals surface area (Å²) in [5.41, 5.74) is 3.04. The van der Waals surface area contributed by atoms with Crippen LogP contribution < -0.4 is 10.2 Å². The smallest absolute Gasteiger partial charge is 0.335 e. The van der Waals surface area contributed by atoms with Gasteiger partial charge >= 0.3 is 5.97 Å². The van der Waals surface area contributed by atoms with Crippen molar-refractivity contribution in [2.24, 2.45) is 0 Å². The number of nitrogens with one attached hydrogen (secondary N) is 2. The summed E-state index contributed by atoms with van der Waals surface area (Å²) in [6.45, 7) is 5.21. The number of aryl methyl sites for hydroxylation is 1. The molecule has 4 aromatic rings. The van der Waals surface area contributed by atoms with Gasteiger partial charge in [-0.2, -0.15) is 10.1 Å². The molecule has 0 saturated heterocycles. The standard InChI is InChI=1S/C20H21N7O2/c1-3-26(12-14-6-8-15(9-7-14)19(28)29)20-22-18(16-5-4-10-27(16)25-20)21-17-11-13(2)23-24-17/h4-11H,3,12H2,1-2H3,(H,28,29)(H2,21,22,23,24,25). The van der Waals surface area contributed by atoms with E-state index in [1.807, 2.05) is 55.3 Å². The molecule has 3 N–H and O–H groups in total. The first-order chi connectivity index (χ1) is 14.0. The van der Waals surface area contributed by atoms with Crippen molar-refractivity contribution in [3.63, 3.8) is 0 Å². The second kappa shape index (κ2) is 7.63. The number of nitrogens with zero attached hydrogens (tertiary/aromatic N) is 5. The highest BCUT2D eigenvalue weighted by molar-refractivity contribution is 5.87. The molecule has 0 aliphatic heterocycles. The third-order valence-electron chi connectivity index (χ3n) is 4.57. The Balaban J connectivity index is 1.64. The van der Waals surface area contributed by atoms with Gasteiger partial charge in [0.15, 0.2) is 11.6 Å². The number of benzene rings is 1. The molecule has 1 aromatic carbocycles. The highest BCUT2D eigenvalue weighted by Crippen LogP contribution is 2.23. The Morgan fingerprint density at radius 3 is 2.72 bits per heavy atom. The molecule has 29 heavy (non-hydrogen) atoms. The lowest BCUT2D eigenvalue weighted by Crippen LogP contribution is -2.25. The van der Waals surface area contributed by atoms with Crippen LogP contribution in [-0.2, 0) is 6.54 Å². The zero-order chi connectivity index (χ0) is 20.4. The van der Waals surface area contributed by atoms with Gasteiger partial charge in [-0.25, -0.2) is 9.31 Å². The molecule has 0 amide bonds. The Kier molecular flexibility index (Phi) is 4.86. The summed E-state index contributed by atoms with van der Waals surface area (Å²) in [5, 5.41) is 24.1. The quantitative estimate of drug-likeness (QED) is 0.443. The molecular weight excluding hydrogens is 370 g/mol. The molecular formula is C20H21N7O2. The fourth-order valence-corrected chi connectivity index (χ4v) is 3.05. The lowest BCUT2D eigenvalue weighted by Gasteiger charge is -2.22. The van der Waals surface area contributed by atoms with E-state index in [9.17, 15) is 4.79 Å². The van der Waals surface area contributed by atoms with Crippen LogP contribution in [0.25, 0.3) is 5.52 Å². The van der Waals surface area contributed by atoms with E-state index in [0.717, 1.165) is 16.8 Å². The SMILES string of the molecule is CCN(Cc1ccc(C(=O)O)cc1)c1nc(Nc2cc(C)[nH]n2)c2cccn2n1. The zero-order valence-corrected chi connectivity index (χ0v) is 16.1. The first kappa shape index (κ1) is 18.5. The summed E-state index contributed by atoms with van der Waals surface area (Å²) < 4.78 is 1.78. The number of aromatic carboxylic acids is 1. The summed E-state index contributed by atoms with van der Waals surface area (Å²) in [5.74, 6) is 0.969. The number of carbonyl (C=O) groups is 1. The molecule has 9 nitrogen and oxygen atoms in total. The van der Waals surface area contributed by atoms with Gasteiger partial charge in [0.25, 0.3) is 0 Å². The van der Waals surface area contributed by atoms with Crippen molar-refractivity contribution in [3.8, 4) is 0 Å². The molecule has 0 radical (unpaired) electrons. The van der Waals surface area contributed by atoms with Gasteiger partial charge < -0.3 is 15.3 Å². The van der Waals surface area contributed by atoms with E-state index >= 15 is 0 Å². The van der Waals surface area contributed by atoms with Crippen molar-refractivity contribution >= 4 is 29.1 Å². The molecule has 4 rings (SSSR count). The highest BCUT2D eigenvalue weighted by atomic mass is 16.4. The van der Waals surface area contributed by atoms with E-state index in [-0.39, 0.29) is 5.56 Å². The number of fused-ring (bicyclic) bond motifs is 1. The zero-order valence-electron chi connectivity index (χ0n) is 16.1. The highest BCUT2D eigenvalue weighted by Gasteiger charge is 2.15. The number of hydrogen-bond acceptors (Lipinski definition) is 6. The minimum Gasteiger partial charge on any atom is -0.478 e. The van der Waals surface area contributed by atoms with Gasteiger partial charge in [-0.3, -0.25) is 5.10 Å². The third-order valence-corrected chi connectivity index (χ3v) is 4.57. The predicted molar refractivity (Wildman–Crippen MR) is 110 cm³/mol. The minimum absolute atomic E-state index is 0.266.